The summed E-state index contributed by atoms with van der Waals surface area (Å²) in [5.41, 5.74) is 4.74. The van der Waals surface area contributed by atoms with Crippen molar-refractivity contribution < 1.29 is 0 Å². The van der Waals surface area contributed by atoms with Crippen LogP contribution in [-0.4, -0.2) is 36.1 Å². The van der Waals surface area contributed by atoms with Crippen LogP contribution in [0.4, 0.5) is 11.4 Å². The van der Waals surface area contributed by atoms with E-state index < -0.39 is 0 Å². The Morgan fingerprint density at radius 1 is 0.762 bits per heavy atom. The standard InChI is InChI=1S/C17H22N4/c1-14-12-16(4-6-18-14)20-8-3-9-21(11-10-20)17-5-7-19-15(2)13-17/h4-7,12-13H,3,8-11H2,1-2H3. The molecule has 1 aliphatic rings. The molecule has 0 amide bonds. The van der Waals surface area contributed by atoms with Gasteiger partial charge in [-0.3, -0.25) is 9.97 Å². The van der Waals surface area contributed by atoms with Crippen LogP contribution in [0.15, 0.2) is 36.7 Å². The van der Waals surface area contributed by atoms with E-state index in [9.17, 15) is 0 Å². The summed E-state index contributed by atoms with van der Waals surface area (Å²) < 4.78 is 0. The van der Waals surface area contributed by atoms with Crippen molar-refractivity contribution >= 4 is 11.4 Å². The maximum Gasteiger partial charge on any atom is 0.0400 e. The number of aromatic nitrogens is 2. The minimum absolute atomic E-state index is 1.05. The Morgan fingerprint density at radius 2 is 1.24 bits per heavy atom. The largest absolute Gasteiger partial charge is 0.370 e. The predicted molar refractivity (Wildman–Crippen MR) is 87.0 cm³/mol. The molecule has 3 rings (SSSR count). The minimum atomic E-state index is 1.05. The van der Waals surface area contributed by atoms with E-state index in [0.29, 0.717) is 0 Å². The summed E-state index contributed by atoms with van der Waals surface area (Å²) in [6.07, 6.45) is 4.97. The molecule has 0 spiro atoms. The lowest BCUT2D eigenvalue weighted by Gasteiger charge is -2.25. The lowest BCUT2D eigenvalue weighted by molar-refractivity contribution is 0.804. The summed E-state index contributed by atoms with van der Waals surface area (Å²) in [7, 11) is 0. The highest BCUT2D eigenvalue weighted by molar-refractivity contribution is 5.50. The van der Waals surface area contributed by atoms with Gasteiger partial charge in [0.1, 0.15) is 0 Å². The third kappa shape index (κ3) is 3.32. The smallest absolute Gasteiger partial charge is 0.0400 e. The Bertz CT molecular complexity index is 558. The second kappa shape index (κ2) is 6.12. The van der Waals surface area contributed by atoms with Gasteiger partial charge in [0.15, 0.2) is 0 Å². The molecule has 1 aliphatic heterocycles. The zero-order valence-corrected chi connectivity index (χ0v) is 12.8. The molecular formula is C17H22N4. The number of pyridine rings is 2. The molecule has 0 N–H and O–H groups in total. The third-order valence-corrected chi connectivity index (χ3v) is 3.99. The number of rotatable bonds is 2. The van der Waals surface area contributed by atoms with Gasteiger partial charge in [0, 0.05) is 61.3 Å². The molecule has 0 unspecified atom stereocenters. The van der Waals surface area contributed by atoms with Gasteiger partial charge in [-0.1, -0.05) is 0 Å². The van der Waals surface area contributed by atoms with Crippen LogP contribution in [0.2, 0.25) is 0 Å². The molecule has 1 fully saturated rings. The van der Waals surface area contributed by atoms with Gasteiger partial charge < -0.3 is 9.80 Å². The maximum atomic E-state index is 4.29. The fourth-order valence-electron chi connectivity index (χ4n) is 2.89. The Morgan fingerprint density at radius 3 is 1.67 bits per heavy atom. The van der Waals surface area contributed by atoms with E-state index >= 15 is 0 Å². The lowest BCUT2D eigenvalue weighted by Crippen LogP contribution is -2.30. The van der Waals surface area contributed by atoms with E-state index in [0.717, 1.165) is 37.6 Å². The van der Waals surface area contributed by atoms with Crippen LogP contribution in [0.25, 0.3) is 0 Å². The quantitative estimate of drug-likeness (QED) is 0.848. The second-order valence-electron chi connectivity index (χ2n) is 5.64. The van der Waals surface area contributed by atoms with E-state index in [1.54, 1.807) is 0 Å². The molecule has 4 heteroatoms. The van der Waals surface area contributed by atoms with Crippen molar-refractivity contribution in [1.29, 1.82) is 0 Å². The van der Waals surface area contributed by atoms with Crippen molar-refractivity contribution in [2.24, 2.45) is 0 Å². The van der Waals surface area contributed by atoms with E-state index in [4.69, 9.17) is 0 Å². The number of aryl methyl sites for hydroxylation is 2. The van der Waals surface area contributed by atoms with Crippen LogP contribution in [0.3, 0.4) is 0 Å². The summed E-state index contributed by atoms with van der Waals surface area (Å²) >= 11 is 0. The topological polar surface area (TPSA) is 32.3 Å². The molecule has 110 valence electrons. The molecule has 2 aromatic rings. The number of anilines is 2. The van der Waals surface area contributed by atoms with Gasteiger partial charge in [0.2, 0.25) is 0 Å². The average molecular weight is 282 g/mol. The fraction of sp³-hybridized carbons (Fsp3) is 0.412. The Kier molecular flexibility index (Phi) is 4.04. The van der Waals surface area contributed by atoms with Crippen LogP contribution in [0.1, 0.15) is 17.8 Å². The highest BCUT2D eigenvalue weighted by Gasteiger charge is 2.15. The maximum absolute atomic E-state index is 4.29. The van der Waals surface area contributed by atoms with Crippen molar-refractivity contribution in [3.63, 3.8) is 0 Å². The number of nitrogens with zero attached hydrogens (tertiary/aromatic N) is 4. The van der Waals surface area contributed by atoms with Crippen LogP contribution in [0, 0.1) is 13.8 Å². The highest BCUT2D eigenvalue weighted by Crippen LogP contribution is 2.20. The van der Waals surface area contributed by atoms with Crippen molar-refractivity contribution in [2.45, 2.75) is 20.3 Å². The van der Waals surface area contributed by atoms with Crippen molar-refractivity contribution in [2.75, 3.05) is 36.0 Å². The van der Waals surface area contributed by atoms with Crippen molar-refractivity contribution in [3.05, 3.63) is 48.0 Å². The first-order valence-electron chi connectivity index (χ1n) is 7.57. The molecule has 0 aromatic carbocycles. The van der Waals surface area contributed by atoms with Gasteiger partial charge in [0.25, 0.3) is 0 Å². The lowest BCUT2D eigenvalue weighted by atomic mass is 10.3. The van der Waals surface area contributed by atoms with E-state index in [-0.39, 0.29) is 0 Å². The van der Waals surface area contributed by atoms with E-state index in [1.807, 2.05) is 26.2 Å². The molecule has 0 bridgehead atoms. The molecule has 2 aromatic heterocycles. The molecule has 3 heterocycles. The normalized spacial score (nSPS) is 15.9. The van der Waals surface area contributed by atoms with Crippen LogP contribution in [0.5, 0.6) is 0 Å². The summed E-state index contributed by atoms with van der Waals surface area (Å²) in [6, 6.07) is 8.57. The summed E-state index contributed by atoms with van der Waals surface area (Å²) in [5.74, 6) is 0. The monoisotopic (exact) mass is 282 g/mol. The predicted octanol–water partition coefficient (Wildman–Crippen LogP) is 2.81. The number of hydrogen-bond donors (Lipinski definition) is 0. The second-order valence-corrected chi connectivity index (χ2v) is 5.64. The minimum Gasteiger partial charge on any atom is -0.370 e. The molecule has 21 heavy (non-hydrogen) atoms. The first kappa shape index (κ1) is 13.9. The molecule has 0 atom stereocenters. The van der Waals surface area contributed by atoms with E-state index in [2.05, 4.69) is 44.0 Å². The third-order valence-electron chi connectivity index (χ3n) is 3.99. The summed E-state index contributed by atoms with van der Waals surface area (Å²) in [5, 5.41) is 0. The number of hydrogen-bond acceptors (Lipinski definition) is 4. The fourth-order valence-corrected chi connectivity index (χ4v) is 2.89. The van der Waals surface area contributed by atoms with Crippen LogP contribution >= 0.6 is 0 Å². The Balaban J connectivity index is 1.72. The zero-order valence-electron chi connectivity index (χ0n) is 12.8. The SMILES string of the molecule is Cc1cc(N2CCCN(c3ccnc(C)c3)CC2)ccn1. The first-order valence-corrected chi connectivity index (χ1v) is 7.57. The van der Waals surface area contributed by atoms with Gasteiger partial charge in [-0.2, -0.15) is 0 Å². The molecule has 0 radical (unpaired) electrons. The van der Waals surface area contributed by atoms with Gasteiger partial charge >= 0.3 is 0 Å². The van der Waals surface area contributed by atoms with Crippen molar-refractivity contribution in [3.8, 4) is 0 Å². The summed E-state index contributed by atoms with van der Waals surface area (Å²) in [4.78, 5) is 13.5. The van der Waals surface area contributed by atoms with Crippen LogP contribution < -0.4 is 9.80 Å². The molecule has 0 aliphatic carbocycles. The zero-order chi connectivity index (χ0) is 14.7. The molecule has 0 saturated carbocycles. The van der Waals surface area contributed by atoms with Gasteiger partial charge in [-0.05, 0) is 44.5 Å². The van der Waals surface area contributed by atoms with Gasteiger partial charge in [0.05, 0.1) is 0 Å². The first-order chi connectivity index (χ1) is 10.2. The van der Waals surface area contributed by atoms with Gasteiger partial charge in [-0.25, -0.2) is 0 Å². The molecule has 4 nitrogen and oxygen atoms in total. The van der Waals surface area contributed by atoms with Crippen molar-refractivity contribution in [1.82, 2.24) is 9.97 Å². The van der Waals surface area contributed by atoms with E-state index in [1.165, 1.54) is 17.8 Å². The molecule has 1 saturated heterocycles. The van der Waals surface area contributed by atoms with Crippen LogP contribution in [-0.2, 0) is 0 Å². The Labute approximate surface area is 126 Å². The average Bonchev–Trinajstić information content (AvgIpc) is 2.73. The van der Waals surface area contributed by atoms with Gasteiger partial charge in [-0.15, -0.1) is 0 Å². The Hall–Kier alpha value is -2.10. The molecular weight excluding hydrogens is 260 g/mol. The summed E-state index contributed by atoms with van der Waals surface area (Å²) in [6.45, 7) is 8.39. The highest BCUT2D eigenvalue weighted by atomic mass is 15.2.